The molecule has 162 valence electrons. The third kappa shape index (κ3) is 4.35. The Balaban J connectivity index is 1.25. The van der Waals surface area contributed by atoms with Crippen molar-refractivity contribution < 1.29 is 23.4 Å². The topological polar surface area (TPSA) is 86.1 Å². The number of amides is 1. The number of ether oxygens (including phenoxy) is 3. The van der Waals surface area contributed by atoms with E-state index in [0.29, 0.717) is 31.3 Å². The van der Waals surface area contributed by atoms with Crippen LogP contribution in [0.15, 0.2) is 53.1 Å². The van der Waals surface area contributed by atoms with Crippen molar-refractivity contribution in [1.82, 2.24) is 10.3 Å². The first kappa shape index (κ1) is 19.8. The molecule has 2 aliphatic heterocycles. The van der Waals surface area contributed by atoms with E-state index in [4.69, 9.17) is 23.6 Å². The first-order chi connectivity index (χ1) is 15.2. The van der Waals surface area contributed by atoms with E-state index >= 15 is 0 Å². The molecular formula is C23H25N3O5. The predicted molar refractivity (Wildman–Crippen MR) is 114 cm³/mol. The van der Waals surface area contributed by atoms with Gasteiger partial charge in [-0.2, -0.15) is 0 Å². The quantitative estimate of drug-likeness (QED) is 0.652. The number of nitrogens with one attached hydrogen (secondary N) is 1. The molecule has 1 aromatic carbocycles. The molecule has 4 heterocycles. The minimum Gasteiger partial charge on any atom is -0.481 e. The van der Waals surface area contributed by atoms with Crippen LogP contribution in [0.4, 0.5) is 5.82 Å². The summed E-state index contributed by atoms with van der Waals surface area (Å²) in [5.74, 6) is 1.54. The van der Waals surface area contributed by atoms with Crippen molar-refractivity contribution in [2.45, 2.75) is 25.2 Å². The van der Waals surface area contributed by atoms with Gasteiger partial charge in [-0.05, 0) is 30.3 Å². The molecule has 8 nitrogen and oxygen atoms in total. The summed E-state index contributed by atoms with van der Waals surface area (Å²) in [7, 11) is 0. The highest BCUT2D eigenvalue weighted by Gasteiger charge is 2.40. The number of para-hydroxylation sites is 1. The number of nitrogens with zero attached hydrogens (tertiary/aromatic N) is 2. The zero-order valence-electron chi connectivity index (χ0n) is 17.2. The van der Waals surface area contributed by atoms with E-state index < -0.39 is 5.79 Å². The summed E-state index contributed by atoms with van der Waals surface area (Å²) >= 11 is 0. The predicted octanol–water partition coefficient (Wildman–Crippen LogP) is 2.87. The van der Waals surface area contributed by atoms with Gasteiger partial charge in [0.1, 0.15) is 22.8 Å². The summed E-state index contributed by atoms with van der Waals surface area (Å²) in [6, 6.07) is 13.4. The molecule has 0 bridgehead atoms. The first-order valence-electron chi connectivity index (χ1n) is 10.6. The lowest BCUT2D eigenvalue weighted by atomic mass is 10.0. The molecular weight excluding hydrogens is 398 g/mol. The molecule has 5 rings (SSSR count). The standard InChI is InChI=1S/C23H25N3O5/c27-21(24-15-18-4-2-12-28-18)16-29-19-5-1-3-17-6-7-20(25-22(17)19)26-10-8-23(9-11-26)30-13-14-31-23/h1-7,12H,8-11,13-16H2,(H,24,27). The van der Waals surface area contributed by atoms with Gasteiger partial charge in [-0.3, -0.25) is 4.79 Å². The van der Waals surface area contributed by atoms with Gasteiger partial charge in [0.15, 0.2) is 12.4 Å². The van der Waals surface area contributed by atoms with E-state index in [0.717, 1.165) is 42.7 Å². The number of aromatic nitrogens is 1. The lowest BCUT2D eigenvalue weighted by Gasteiger charge is -2.38. The zero-order valence-corrected chi connectivity index (χ0v) is 17.2. The second kappa shape index (κ2) is 8.56. The second-order valence-electron chi connectivity index (χ2n) is 7.74. The summed E-state index contributed by atoms with van der Waals surface area (Å²) in [6.07, 6.45) is 3.22. The molecule has 2 aromatic heterocycles. The molecule has 0 unspecified atom stereocenters. The number of benzene rings is 1. The van der Waals surface area contributed by atoms with Gasteiger partial charge in [0.2, 0.25) is 0 Å². The summed E-state index contributed by atoms with van der Waals surface area (Å²) < 4.78 is 22.7. The summed E-state index contributed by atoms with van der Waals surface area (Å²) in [5, 5.41) is 3.75. The molecule has 0 radical (unpaired) electrons. The molecule has 0 aliphatic carbocycles. The van der Waals surface area contributed by atoms with Gasteiger partial charge < -0.3 is 28.8 Å². The van der Waals surface area contributed by atoms with Crippen LogP contribution >= 0.6 is 0 Å². The maximum atomic E-state index is 12.2. The Hall–Kier alpha value is -3.10. The van der Waals surface area contributed by atoms with Gasteiger partial charge in [0.25, 0.3) is 5.91 Å². The minimum atomic E-state index is -0.412. The number of piperidine rings is 1. The SMILES string of the molecule is O=C(COc1cccc2ccc(N3CCC4(CC3)OCCO4)nc12)NCc1ccco1. The fraction of sp³-hybridized carbons (Fsp3) is 0.391. The van der Waals surface area contributed by atoms with Crippen molar-refractivity contribution in [1.29, 1.82) is 0 Å². The zero-order chi connectivity index (χ0) is 21.1. The average molecular weight is 423 g/mol. The minimum absolute atomic E-state index is 0.0906. The fourth-order valence-corrected chi connectivity index (χ4v) is 4.06. The monoisotopic (exact) mass is 423 g/mol. The summed E-state index contributed by atoms with van der Waals surface area (Å²) in [6.45, 7) is 3.21. The maximum Gasteiger partial charge on any atom is 0.258 e. The Kier molecular flexibility index (Phi) is 5.48. The smallest absolute Gasteiger partial charge is 0.258 e. The van der Waals surface area contributed by atoms with Gasteiger partial charge >= 0.3 is 0 Å². The van der Waals surface area contributed by atoms with E-state index in [1.807, 2.05) is 36.4 Å². The molecule has 1 spiro atoms. The molecule has 8 heteroatoms. The maximum absolute atomic E-state index is 12.2. The number of hydrogen-bond donors (Lipinski definition) is 1. The Morgan fingerprint density at radius 1 is 1.10 bits per heavy atom. The number of fused-ring (bicyclic) bond motifs is 1. The van der Waals surface area contributed by atoms with Crippen LogP contribution in [0.3, 0.4) is 0 Å². The molecule has 2 aliphatic rings. The number of hydrogen-bond acceptors (Lipinski definition) is 7. The highest BCUT2D eigenvalue weighted by atomic mass is 16.7. The van der Waals surface area contributed by atoms with E-state index in [2.05, 4.69) is 10.2 Å². The third-order valence-electron chi connectivity index (χ3n) is 5.73. The molecule has 1 amide bonds. The van der Waals surface area contributed by atoms with E-state index in [-0.39, 0.29) is 12.5 Å². The Morgan fingerprint density at radius 3 is 2.71 bits per heavy atom. The number of anilines is 1. The fourth-order valence-electron chi connectivity index (χ4n) is 4.06. The summed E-state index contributed by atoms with van der Waals surface area (Å²) in [5.41, 5.74) is 0.743. The largest absolute Gasteiger partial charge is 0.481 e. The Labute approximate surface area is 180 Å². The van der Waals surface area contributed by atoms with Crippen LogP contribution in [0.1, 0.15) is 18.6 Å². The molecule has 2 saturated heterocycles. The van der Waals surface area contributed by atoms with Gasteiger partial charge in [0.05, 0.1) is 26.0 Å². The highest BCUT2D eigenvalue weighted by Crippen LogP contribution is 2.34. The van der Waals surface area contributed by atoms with Gasteiger partial charge in [0, 0.05) is 31.3 Å². The molecule has 2 fully saturated rings. The van der Waals surface area contributed by atoms with Crippen molar-refractivity contribution in [3.8, 4) is 5.75 Å². The second-order valence-corrected chi connectivity index (χ2v) is 7.74. The molecule has 1 N–H and O–H groups in total. The number of carbonyl (C=O) groups is 1. The molecule has 31 heavy (non-hydrogen) atoms. The van der Waals surface area contributed by atoms with Crippen LogP contribution in [-0.4, -0.2) is 49.6 Å². The van der Waals surface area contributed by atoms with E-state index in [1.165, 1.54) is 0 Å². The van der Waals surface area contributed by atoms with Crippen molar-refractivity contribution in [3.05, 3.63) is 54.5 Å². The number of rotatable bonds is 6. The molecule has 3 aromatic rings. The van der Waals surface area contributed by atoms with Crippen LogP contribution in [0.2, 0.25) is 0 Å². The number of furan rings is 1. The van der Waals surface area contributed by atoms with Crippen molar-refractivity contribution in [2.75, 3.05) is 37.8 Å². The number of pyridine rings is 1. The Bertz CT molecular complexity index is 1040. The highest BCUT2D eigenvalue weighted by molar-refractivity contribution is 5.86. The van der Waals surface area contributed by atoms with Crippen LogP contribution in [0.5, 0.6) is 5.75 Å². The number of carbonyl (C=O) groups excluding carboxylic acids is 1. The lowest BCUT2D eigenvalue weighted by Crippen LogP contribution is -2.45. The van der Waals surface area contributed by atoms with Crippen LogP contribution in [0, 0.1) is 0 Å². The van der Waals surface area contributed by atoms with Gasteiger partial charge in [-0.15, -0.1) is 0 Å². The summed E-state index contributed by atoms with van der Waals surface area (Å²) in [4.78, 5) is 19.2. The molecule has 0 atom stereocenters. The average Bonchev–Trinajstić information content (AvgIpc) is 3.49. The third-order valence-corrected chi connectivity index (χ3v) is 5.73. The van der Waals surface area contributed by atoms with Crippen molar-refractivity contribution >= 4 is 22.6 Å². The van der Waals surface area contributed by atoms with Crippen LogP contribution in [0.25, 0.3) is 10.9 Å². The Morgan fingerprint density at radius 2 is 1.94 bits per heavy atom. The molecule has 0 saturated carbocycles. The normalized spacial score (nSPS) is 17.9. The van der Waals surface area contributed by atoms with Crippen molar-refractivity contribution in [3.63, 3.8) is 0 Å². The van der Waals surface area contributed by atoms with Gasteiger partial charge in [-0.25, -0.2) is 4.98 Å². The lowest BCUT2D eigenvalue weighted by molar-refractivity contribution is -0.169. The van der Waals surface area contributed by atoms with Crippen LogP contribution in [-0.2, 0) is 20.8 Å². The van der Waals surface area contributed by atoms with Crippen molar-refractivity contribution in [2.24, 2.45) is 0 Å². The van der Waals surface area contributed by atoms with Gasteiger partial charge in [-0.1, -0.05) is 12.1 Å². The van der Waals surface area contributed by atoms with E-state index in [1.54, 1.807) is 12.3 Å². The first-order valence-corrected chi connectivity index (χ1v) is 10.6. The van der Waals surface area contributed by atoms with E-state index in [9.17, 15) is 4.79 Å². The van der Waals surface area contributed by atoms with Crippen LogP contribution < -0.4 is 15.0 Å².